The Morgan fingerprint density at radius 2 is 1.73 bits per heavy atom. The number of aromatic hydroxyl groups is 2. The van der Waals surface area contributed by atoms with Crippen molar-refractivity contribution in [1.82, 2.24) is 4.90 Å². The number of carbonyl (C=O) groups is 2. The molecule has 0 aromatic heterocycles. The predicted octanol–water partition coefficient (Wildman–Crippen LogP) is 3.36. The van der Waals surface area contributed by atoms with E-state index in [2.05, 4.69) is 0 Å². The lowest BCUT2D eigenvalue weighted by Gasteiger charge is -2.29. The molecule has 0 atom stereocenters. The number of phenolic OH excluding ortho intramolecular Hbond substituents is 2. The highest BCUT2D eigenvalue weighted by Crippen LogP contribution is 2.34. The lowest BCUT2D eigenvalue weighted by molar-refractivity contribution is 0.0303. The van der Waals surface area contributed by atoms with Crippen molar-refractivity contribution in [2.75, 3.05) is 37.7 Å². The fourth-order valence-electron chi connectivity index (χ4n) is 3.62. The second-order valence-electron chi connectivity index (χ2n) is 7.55. The summed E-state index contributed by atoms with van der Waals surface area (Å²) in [5.41, 5.74) is 1.58. The minimum atomic E-state index is -0.431. The Morgan fingerprint density at radius 3 is 2.37 bits per heavy atom. The molecule has 2 aromatic rings. The maximum absolute atomic E-state index is 13.4. The minimum Gasteiger partial charge on any atom is -0.508 e. The van der Waals surface area contributed by atoms with E-state index in [9.17, 15) is 19.8 Å². The van der Waals surface area contributed by atoms with Gasteiger partial charge in [0.15, 0.2) is 0 Å². The molecule has 160 valence electrons. The molecule has 30 heavy (non-hydrogen) atoms. The quantitative estimate of drug-likeness (QED) is 0.786. The van der Waals surface area contributed by atoms with E-state index in [1.807, 2.05) is 20.8 Å². The van der Waals surface area contributed by atoms with Crippen LogP contribution in [0.5, 0.6) is 11.5 Å². The van der Waals surface area contributed by atoms with Gasteiger partial charge in [0.25, 0.3) is 11.8 Å². The molecule has 0 saturated carbocycles. The smallest absolute Gasteiger partial charge is 0.262 e. The molecule has 0 unspecified atom stereocenters. The predicted molar refractivity (Wildman–Crippen MR) is 114 cm³/mol. The highest BCUT2D eigenvalue weighted by atomic mass is 16.5. The normalized spacial score (nSPS) is 14.1. The number of ether oxygens (including phenoxy) is 1. The van der Waals surface area contributed by atoms with Crippen molar-refractivity contribution < 1.29 is 24.5 Å². The Morgan fingerprint density at radius 1 is 1.07 bits per heavy atom. The first kappa shape index (κ1) is 21.6. The van der Waals surface area contributed by atoms with Gasteiger partial charge in [-0.05, 0) is 36.6 Å². The standard InChI is InChI=1S/C23H28N2O5/c1-4-25(23(29)18-13-17(15(2)3)20(26)14-21(18)27)19-8-6-5-7-16(19)22(28)24-9-11-30-12-10-24/h5-8,13-15,26-27H,4,9-12H2,1-3H3. The van der Waals surface area contributed by atoms with E-state index in [0.29, 0.717) is 49.7 Å². The van der Waals surface area contributed by atoms with E-state index >= 15 is 0 Å². The molecule has 7 nitrogen and oxygen atoms in total. The lowest BCUT2D eigenvalue weighted by Crippen LogP contribution is -2.41. The number of hydrogen-bond donors (Lipinski definition) is 2. The Kier molecular flexibility index (Phi) is 6.62. The summed E-state index contributed by atoms with van der Waals surface area (Å²) in [6, 6.07) is 9.70. The van der Waals surface area contributed by atoms with E-state index in [0.717, 1.165) is 0 Å². The van der Waals surface area contributed by atoms with Gasteiger partial charge in [0, 0.05) is 25.7 Å². The Labute approximate surface area is 176 Å². The van der Waals surface area contributed by atoms with Crippen LogP contribution in [-0.4, -0.2) is 59.8 Å². The number of para-hydroxylation sites is 1. The van der Waals surface area contributed by atoms with Gasteiger partial charge >= 0.3 is 0 Å². The van der Waals surface area contributed by atoms with Crippen molar-refractivity contribution >= 4 is 17.5 Å². The Bertz CT molecular complexity index is 935. The number of phenols is 2. The van der Waals surface area contributed by atoms with Gasteiger partial charge in [-0.1, -0.05) is 26.0 Å². The molecule has 1 heterocycles. The highest BCUT2D eigenvalue weighted by molar-refractivity contribution is 6.11. The lowest BCUT2D eigenvalue weighted by atomic mass is 9.98. The fourth-order valence-corrected chi connectivity index (χ4v) is 3.62. The van der Waals surface area contributed by atoms with Crippen LogP contribution >= 0.6 is 0 Å². The molecule has 2 aromatic carbocycles. The molecule has 0 spiro atoms. The first-order valence-electron chi connectivity index (χ1n) is 10.2. The number of rotatable bonds is 5. The molecular weight excluding hydrogens is 384 g/mol. The van der Waals surface area contributed by atoms with Crippen LogP contribution < -0.4 is 4.90 Å². The molecule has 0 aliphatic carbocycles. The molecule has 1 fully saturated rings. The largest absolute Gasteiger partial charge is 0.508 e. The summed E-state index contributed by atoms with van der Waals surface area (Å²) in [5.74, 6) is -0.957. The zero-order chi connectivity index (χ0) is 21.8. The number of anilines is 1. The molecule has 7 heteroatoms. The SMILES string of the molecule is CCN(C(=O)c1cc(C(C)C)c(O)cc1O)c1ccccc1C(=O)N1CCOCC1. The van der Waals surface area contributed by atoms with Crippen LogP contribution in [0.4, 0.5) is 5.69 Å². The minimum absolute atomic E-state index is 0.0255. The van der Waals surface area contributed by atoms with Crippen LogP contribution in [0.15, 0.2) is 36.4 Å². The van der Waals surface area contributed by atoms with Gasteiger partial charge in [0.2, 0.25) is 0 Å². The van der Waals surface area contributed by atoms with Crippen LogP contribution in [0.25, 0.3) is 0 Å². The average Bonchev–Trinajstić information content (AvgIpc) is 2.74. The zero-order valence-electron chi connectivity index (χ0n) is 17.6. The Hall–Kier alpha value is -3.06. The van der Waals surface area contributed by atoms with Crippen LogP contribution in [0.3, 0.4) is 0 Å². The van der Waals surface area contributed by atoms with Gasteiger partial charge < -0.3 is 24.7 Å². The molecule has 3 rings (SSSR count). The first-order valence-corrected chi connectivity index (χ1v) is 10.2. The summed E-state index contributed by atoms with van der Waals surface area (Å²) in [6.07, 6.45) is 0. The molecule has 1 saturated heterocycles. The van der Waals surface area contributed by atoms with E-state index in [4.69, 9.17) is 4.74 Å². The van der Waals surface area contributed by atoms with Gasteiger partial charge in [-0.25, -0.2) is 0 Å². The van der Waals surface area contributed by atoms with Crippen molar-refractivity contribution in [3.05, 3.63) is 53.1 Å². The second kappa shape index (κ2) is 9.17. The third kappa shape index (κ3) is 4.26. The molecule has 0 radical (unpaired) electrons. The van der Waals surface area contributed by atoms with Gasteiger partial charge in [0.05, 0.1) is 30.0 Å². The van der Waals surface area contributed by atoms with Gasteiger partial charge in [-0.3, -0.25) is 9.59 Å². The Balaban J connectivity index is 2.00. The van der Waals surface area contributed by atoms with Crippen LogP contribution in [0, 0.1) is 0 Å². The summed E-state index contributed by atoms with van der Waals surface area (Å²) in [4.78, 5) is 29.7. The third-order valence-corrected chi connectivity index (χ3v) is 5.28. The van der Waals surface area contributed by atoms with Gasteiger partial charge in [0.1, 0.15) is 11.5 Å². The topological polar surface area (TPSA) is 90.3 Å². The van der Waals surface area contributed by atoms with E-state index in [1.54, 1.807) is 29.2 Å². The maximum atomic E-state index is 13.4. The van der Waals surface area contributed by atoms with Crippen LogP contribution in [0.2, 0.25) is 0 Å². The molecule has 1 aliphatic rings. The summed E-state index contributed by atoms with van der Waals surface area (Å²) < 4.78 is 5.33. The number of hydrogen-bond acceptors (Lipinski definition) is 5. The fraction of sp³-hybridized carbons (Fsp3) is 0.391. The number of nitrogens with zero attached hydrogens (tertiary/aromatic N) is 2. The van der Waals surface area contributed by atoms with Crippen LogP contribution in [0.1, 0.15) is 53.0 Å². The molecule has 2 N–H and O–H groups in total. The van der Waals surface area contributed by atoms with E-state index in [1.165, 1.54) is 17.0 Å². The van der Waals surface area contributed by atoms with E-state index in [-0.39, 0.29) is 28.9 Å². The third-order valence-electron chi connectivity index (χ3n) is 5.28. The molecule has 0 bridgehead atoms. The van der Waals surface area contributed by atoms with Crippen molar-refractivity contribution in [3.63, 3.8) is 0 Å². The number of amides is 2. The first-order chi connectivity index (χ1) is 14.3. The number of carbonyl (C=O) groups excluding carboxylic acids is 2. The average molecular weight is 412 g/mol. The van der Waals surface area contributed by atoms with Crippen molar-refractivity contribution in [2.24, 2.45) is 0 Å². The highest BCUT2D eigenvalue weighted by Gasteiger charge is 2.27. The molecule has 2 amide bonds. The van der Waals surface area contributed by atoms with Crippen molar-refractivity contribution in [1.29, 1.82) is 0 Å². The van der Waals surface area contributed by atoms with Crippen molar-refractivity contribution in [2.45, 2.75) is 26.7 Å². The molecular formula is C23H28N2O5. The van der Waals surface area contributed by atoms with Gasteiger partial charge in [-0.2, -0.15) is 0 Å². The number of morpholine rings is 1. The zero-order valence-corrected chi connectivity index (χ0v) is 17.6. The number of benzene rings is 2. The maximum Gasteiger partial charge on any atom is 0.262 e. The summed E-state index contributed by atoms with van der Waals surface area (Å²) in [5, 5.41) is 20.4. The summed E-state index contributed by atoms with van der Waals surface area (Å²) >= 11 is 0. The van der Waals surface area contributed by atoms with Crippen molar-refractivity contribution in [3.8, 4) is 11.5 Å². The van der Waals surface area contributed by atoms with Crippen LogP contribution in [-0.2, 0) is 4.74 Å². The summed E-state index contributed by atoms with van der Waals surface area (Å²) in [7, 11) is 0. The van der Waals surface area contributed by atoms with Gasteiger partial charge in [-0.15, -0.1) is 0 Å². The second-order valence-corrected chi connectivity index (χ2v) is 7.55. The summed E-state index contributed by atoms with van der Waals surface area (Å²) in [6.45, 7) is 7.90. The monoisotopic (exact) mass is 412 g/mol. The molecule has 1 aliphatic heterocycles. The van der Waals surface area contributed by atoms with E-state index < -0.39 is 5.91 Å².